The number of ether oxygens (including phenoxy) is 1. The topological polar surface area (TPSA) is 72.4 Å². The molecule has 7 heteroatoms. The third kappa shape index (κ3) is 4.31. The molecule has 0 atom stereocenters. The van der Waals surface area contributed by atoms with Gasteiger partial charge in [-0.2, -0.15) is 0 Å². The smallest absolute Gasteiger partial charge is 0.286 e. The fourth-order valence-corrected chi connectivity index (χ4v) is 2.85. The van der Waals surface area contributed by atoms with Crippen molar-refractivity contribution < 1.29 is 14.3 Å². The first-order chi connectivity index (χ1) is 12.5. The van der Waals surface area contributed by atoms with Crippen LogP contribution in [0.5, 0.6) is 11.5 Å². The summed E-state index contributed by atoms with van der Waals surface area (Å²) in [6.45, 7) is 0. The standard InChI is InChI=1S/C19H16BrN3O3/c1-23-12-14(20)11-17(23)19(25)22-21-18(24)13-6-5-9-16(10-13)26-15-7-3-2-4-8-15/h2-12H,1H3,(H,21,24)(H,22,25). The summed E-state index contributed by atoms with van der Waals surface area (Å²) in [5.41, 5.74) is 5.58. The van der Waals surface area contributed by atoms with Gasteiger partial charge in [-0.1, -0.05) is 24.3 Å². The summed E-state index contributed by atoms with van der Waals surface area (Å²) in [6.07, 6.45) is 1.75. The van der Waals surface area contributed by atoms with Gasteiger partial charge in [0.15, 0.2) is 0 Å². The highest BCUT2D eigenvalue weighted by Gasteiger charge is 2.13. The summed E-state index contributed by atoms with van der Waals surface area (Å²) >= 11 is 3.30. The second kappa shape index (κ2) is 7.88. The number of halogens is 1. The highest BCUT2D eigenvalue weighted by Crippen LogP contribution is 2.21. The minimum Gasteiger partial charge on any atom is -0.457 e. The Balaban J connectivity index is 1.64. The Kier molecular flexibility index (Phi) is 5.38. The van der Waals surface area contributed by atoms with Gasteiger partial charge in [0.05, 0.1) is 0 Å². The molecule has 132 valence electrons. The molecular formula is C19H16BrN3O3. The number of nitrogens with one attached hydrogen (secondary N) is 2. The fourth-order valence-electron chi connectivity index (χ4n) is 2.33. The van der Waals surface area contributed by atoms with Gasteiger partial charge in [0.1, 0.15) is 17.2 Å². The molecule has 0 fully saturated rings. The second-order valence-electron chi connectivity index (χ2n) is 5.51. The number of hydrogen-bond acceptors (Lipinski definition) is 3. The molecule has 0 bridgehead atoms. The van der Waals surface area contributed by atoms with E-state index >= 15 is 0 Å². The van der Waals surface area contributed by atoms with Crippen molar-refractivity contribution in [1.29, 1.82) is 0 Å². The van der Waals surface area contributed by atoms with Gasteiger partial charge in [0.2, 0.25) is 0 Å². The van der Waals surface area contributed by atoms with Crippen molar-refractivity contribution in [2.24, 2.45) is 7.05 Å². The third-order valence-electron chi connectivity index (χ3n) is 3.57. The Morgan fingerprint density at radius 2 is 1.62 bits per heavy atom. The first kappa shape index (κ1) is 17.8. The van der Waals surface area contributed by atoms with Crippen molar-refractivity contribution in [3.63, 3.8) is 0 Å². The molecule has 6 nitrogen and oxygen atoms in total. The maximum Gasteiger partial charge on any atom is 0.286 e. The van der Waals surface area contributed by atoms with Gasteiger partial charge >= 0.3 is 0 Å². The number of aryl methyl sites for hydroxylation is 1. The predicted octanol–water partition coefficient (Wildman–Crippen LogP) is 3.65. The van der Waals surface area contributed by atoms with Crippen LogP contribution in [0.1, 0.15) is 20.8 Å². The first-order valence-electron chi connectivity index (χ1n) is 7.78. The fraction of sp³-hybridized carbons (Fsp3) is 0.0526. The molecule has 3 aromatic rings. The zero-order chi connectivity index (χ0) is 18.5. The summed E-state index contributed by atoms with van der Waals surface area (Å²) in [4.78, 5) is 24.4. The van der Waals surface area contributed by atoms with Crippen LogP contribution >= 0.6 is 15.9 Å². The number of carbonyl (C=O) groups is 2. The van der Waals surface area contributed by atoms with Crippen LogP contribution in [0.4, 0.5) is 0 Å². The van der Waals surface area contributed by atoms with Gasteiger partial charge in [-0.05, 0) is 52.3 Å². The normalized spacial score (nSPS) is 10.2. The molecule has 26 heavy (non-hydrogen) atoms. The minimum atomic E-state index is -0.440. The van der Waals surface area contributed by atoms with Crippen molar-refractivity contribution in [2.75, 3.05) is 0 Å². The molecule has 1 aromatic heterocycles. The number of amides is 2. The van der Waals surface area contributed by atoms with E-state index in [4.69, 9.17) is 4.74 Å². The Labute approximate surface area is 158 Å². The highest BCUT2D eigenvalue weighted by molar-refractivity contribution is 9.10. The van der Waals surface area contributed by atoms with Crippen molar-refractivity contribution in [1.82, 2.24) is 15.4 Å². The largest absolute Gasteiger partial charge is 0.457 e. The van der Waals surface area contributed by atoms with E-state index < -0.39 is 11.8 Å². The van der Waals surface area contributed by atoms with E-state index in [0.29, 0.717) is 22.8 Å². The number of nitrogens with zero attached hydrogens (tertiary/aromatic N) is 1. The molecule has 2 aromatic carbocycles. The highest BCUT2D eigenvalue weighted by atomic mass is 79.9. The molecule has 2 amide bonds. The monoisotopic (exact) mass is 413 g/mol. The lowest BCUT2D eigenvalue weighted by Crippen LogP contribution is -2.42. The first-order valence-corrected chi connectivity index (χ1v) is 8.58. The number of para-hydroxylation sites is 1. The minimum absolute atomic E-state index is 0.367. The summed E-state index contributed by atoms with van der Waals surface area (Å²) in [5, 5.41) is 0. The van der Waals surface area contributed by atoms with E-state index in [2.05, 4.69) is 26.8 Å². The molecule has 0 spiro atoms. The van der Waals surface area contributed by atoms with Crippen LogP contribution in [0.2, 0.25) is 0 Å². The summed E-state index contributed by atoms with van der Waals surface area (Å²) in [6, 6.07) is 17.6. The van der Waals surface area contributed by atoms with Crippen molar-refractivity contribution in [3.05, 3.63) is 82.6 Å². The van der Waals surface area contributed by atoms with Crippen molar-refractivity contribution in [3.8, 4) is 11.5 Å². The number of carbonyl (C=O) groups excluding carboxylic acids is 2. The van der Waals surface area contributed by atoms with Crippen molar-refractivity contribution >= 4 is 27.7 Å². The number of benzene rings is 2. The van der Waals surface area contributed by atoms with Crippen molar-refractivity contribution in [2.45, 2.75) is 0 Å². The van der Waals surface area contributed by atoms with Gasteiger partial charge in [-0.3, -0.25) is 20.4 Å². The van der Waals surface area contributed by atoms with Crippen LogP contribution in [-0.2, 0) is 7.05 Å². The number of aromatic nitrogens is 1. The molecule has 0 unspecified atom stereocenters. The molecule has 0 aliphatic carbocycles. The van der Waals surface area contributed by atoms with Crippen LogP contribution in [0, 0.1) is 0 Å². The van der Waals surface area contributed by atoms with E-state index in [-0.39, 0.29) is 0 Å². The Bertz CT molecular complexity index is 938. The van der Waals surface area contributed by atoms with Crippen LogP contribution in [-0.4, -0.2) is 16.4 Å². The van der Waals surface area contributed by atoms with Gasteiger partial charge < -0.3 is 9.30 Å². The van der Waals surface area contributed by atoms with E-state index in [1.807, 2.05) is 30.3 Å². The SMILES string of the molecule is Cn1cc(Br)cc1C(=O)NNC(=O)c1cccc(Oc2ccccc2)c1. The molecule has 0 saturated heterocycles. The zero-order valence-electron chi connectivity index (χ0n) is 13.9. The van der Waals surface area contributed by atoms with E-state index in [0.717, 1.165) is 4.47 Å². The van der Waals surface area contributed by atoms with Gasteiger partial charge in [-0.15, -0.1) is 0 Å². The number of hydrogen-bond donors (Lipinski definition) is 2. The Morgan fingerprint density at radius 1 is 0.923 bits per heavy atom. The molecule has 1 heterocycles. The molecule has 0 aliphatic heterocycles. The lowest BCUT2D eigenvalue weighted by molar-refractivity contribution is 0.0842. The summed E-state index contributed by atoms with van der Waals surface area (Å²) < 4.78 is 8.14. The molecular weight excluding hydrogens is 398 g/mol. The van der Waals surface area contributed by atoms with E-state index in [9.17, 15) is 9.59 Å². The van der Waals surface area contributed by atoms with Gasteiger partial charge in [-0.25, -0.2) is 0 Å². The molecule has 0 radical (unpaired) electrons. The molecule has 2 N–H and O–H groups in total. The maximum absolute atomic E-state index is 12.3. The number of rotatable bonds is 4. The number of hydrazine groups is 1. The summed E-state index contributed by atoms with van der Waals surface area (Å²) in [5.74, 6) is 0.350. The molecule has 0 aliphatic rings. The van der Waals surface area contributed by atoms with Crippen LogP contribution in [0.3, 0.4) is 0 Å². The van der Waals surface area contributed by atoms with Gasteiger partial charge in [0, 0.05) is 23.3 Å². The average Bonchev–Trinajstić information content (AvgIpc) is 2.99. The average molecular weight is 414 g/mol. The third-order valence-corrected chi connectivity index (χ3v) is 4.00. The summed E-state index contributed by atoms with van der Waals surface area (Å²) in [7, 11) is 1.74. The zero-order valence-corrected chi connectivity index (χ0v) is 15.5. The lowest BCUT2D eigenvalue weighted by Gasteiger charge is -2.10. The predicted molar refractivity (Wildman–Crippen MR) is 101 cm³/mol. The van der Waals surface area contributed by atoms with Crippen LogP contribution in [0.25, 0.3) is 0 Å². The molecule has 3 rings (SSSR count). The quantitative estimate of drug-likeness (QED) is 0.641. The second-order valence-corrected chi connectivity index (χ2v) is 6.42. The maximum atomic E-state index is 12.3. The Hall–Kier alpha value is -3.06. The van der Waals surface area contributed by atoms with Gasteiger partial charge in [0.25, 0.3) is 11.8 Å². The van der Waals surface area contributed by atoms with E-state index in [1.165, 1.54) is 0 Å². The van der Waals surface area contributed by atoms with E-state index in [1.54, 1.807) is 48.1 Å². The molecule has 0 saturated carbocycles. The van der Waals surface area contributed by atoms with Crippen LogP contribution < -0.4 is 15.6 Å². The Morgan fingerprint density at radius 3 is 2.31 bits per heavy atom. The lowest BCUT2D eigenvalue weighted by atomic mass is 10.2. The van der Waals surface area contributed by atoms with Crippen LogP contribution in [0.15, 0.2) is 71.3 Å².